The van der Waals surface area contributed by atoms with Crippen molar-refractivity contribution in [1.82, 2.24) is 9.97 Å². The first-order valence-corrected chi connectivity index (χ1v) is 3.69. The Morgan fingerprint density at radius 1 is 1.00 bits per heavy atom. The second kappa shape index (κ2) is 2.70. The fraction of sp³-hybridized carbons (Fsp3) is 0. The van der Waals surface area contributed by atoms with Crippen LogP contribution >= 0.6 is 0 Å². The summed E-state index contributed by atoms with van der Waals surface area (Å²) in [5.41, 5.74) is 1.44. The molecule has 0 aliphatic rings. The van der Waals surface area contributed by atoms with Gasteiger partial charge in [-0.1, -0.05) is 0 Å². The molecular formula is C9H8N2O. The Kier molecular flexibility index (Phi) is 1.55. The standard InChI is InChI=1S/C9H8N2O/c12-9-7(3-1-6-11-9)8-4-2-5-10-8/h1-6,10H,(H,11,12). The van der Waals surface area contributed by atoms with E-state index in [4.69, 9.17) is 0 Å². The lowest BCUT2D eigenvalue weighted by Gasteiger charge is -1.93. The van der Waals surface area contributed by atoms with Gasteiger partial charge in [0.05, 0.1) is 11.3 Å². The van der Waals surface area contributed by atoms with Crippen LogP contribution in [0.5, 0.6) is 0 Å². The molecule has 0 saturated heterocycles. The number of hydrogen-bond donors (Lipinski definition) is 2. The van der Waals surface area contributed by atoms with Gasteiger partial charge in [-0.05, 0) is 24.3 Å². The zero-order valence-corrected chi connectivity index (χ0v) is 6.37. The van der Waals surface area contributed by atoms with Gasteiger partial charge in [0.2, 0.25) is 0 Å². The minimum absolute atomic E-state index is 0.0695. The van der Waals surface area contributed by atoms with E-state index in [1.807, 2.05) is 12.1 Å². The molecule has 2 aromatic rings. The Morgan fingerprint density at radius 3 is 2.42 bits per heavy atom. The SMILES string of the molecule is O=c1[nH]cccc1-c1ccc[nH]1. The lowest BCUT2D eigenvalue weighted by atomic mass is 10.2. The molecule has 3 nitrogen and oxygen atoms in total. The second-order valence-electron chi connectivity index (χ2n) is 2.50. The number of aromatic amines is 2. The van der Waals surface area contributed by atoms with E-state index >= 15 is 0 Å². The summed E-state index contributed by atoms with van der Waals surface area (Å²) >= 11 is 0. The molecule has 0 radical (unpaired) electrons. The van der Waals surface area contributed by atoms with Gasteiger partial charge < -0.3 is 9.97 Å². The maximum Gasteiger partial charge on any atom is 0.257 e. The van der Waals surface area contributed by atoms with Crippen LogP contribution < -0.4 is 5.56 Å². The molecule has 0 fully saturated rings. The van der Waals surface area contributed by atoms with Crippen LogP contribution in [0, 0.1) is 0 Å². The lowest BCUT2D eigenvalue weighted by molar-refractivity contribution is 1.23. The first-order chi connectivity index (χ1) is 5.88. The smallest absolute Gasteiger partial charge is 0.257 e. The molecule has 0 atom stereocenters. The summed E-state index contributed by atoms with van der Waals surface area (Å²) in [7, 11) is 0. The van der Waals surface area contributed by atoms with E-state index in [0.717, 1.165) is 5.69 Å². The van der Waals surface area contributed by atoms with Gasteiger partial charge in [-0.15, -0.1) is 0 Å². The fourth-order valence-electron chi connectivity index (χ4n) is 1.13. The number of hydrogen-bond acceptors (Lipinski definition) is 1. The van der Waals surface area contributed by atoms with Crippen LogP contribution in [-0.4, -0.2) is 9.97 Å². The summed E-state index contributed by atoms with van der Waals surface area (Å²) in [4.78, 5) is 16.8. The van der Waals surface area contributed by atoms with Crippen molar-refractivity contribution in [3.63, 3.8) is 0 Å². The molecular weight excluding hydrogens is 152 g/mol. The molecule has 0 unspecified atom stereocenters. The first kappa shape index (κ1) is 6.91. The van der Waals surface area contributed by atoms with Crippen molar-refractivity contribution in [2.75, 3.05) is 0 Å². The summed E-state index contributed by atoms with van der Waals surface area (Å²) < 4.78 is 0. The molecule has 0 amide bonds. The highest BCUT2D eigenvalue weighted by molar-refractivity contribution is 5.57. The minimum atomic E-state index is -0.0695. The van der Waals surface area contributed by atoms with Crippen molar-refractivity contribution in [1.29, 1.82) is 0 Å². The molecule has 0 aliphatic carbocycles. The highest BCUT2D eigenvalue weighted by atomic mass is 16.1. The maximum absolute atomic E-state index is 11.2. The third kappa shape index (κ3) is 1.05. The monoisotopic (exact) mass is 160 g/mol. The Bertz CT molecular complexity index is 414. The van der Waals surface area contributed by atoms with Gasteiger partial charge in [-0.2, -0.15) is 0 Å². The van der Waals surface area contributed by atoms with Gasteiger partial charge in [0.15, 0.2) is 0 Å². The summed E-state index contributed by atoms with van der Waals surface area (Å²) in [5.74, 6) is 0. The molecule has 2 rings (SSSR count). The van der Waals surface area contributed by atoms with Gasteiger partial charge in [-0.3, -0.25) is 4.79 Å². The van der Waals surface area contributed by atoms with Crippen molar-refractivity contribution in [3.05, 3.63) is 47.0 Å². The van der Waals surface area contributed by atoms with Crippen LogP contribution in [0.15, 0.2) is 41.5 Å². The second-order valence-corrected chi connectivity index (χ2v) is 2.50. The summed E-state index contributed by atoms with van der Waals surface area (Å²) in [5, 5.41) is 0. The number of H-pyrrole nitrogens is 2. The Balaban J connectivity index is 2.63. The normalized spacial score (nSPS) is 10.0. The van der Waals surface area contributed by atoms with E-state index in [0.29, 0.717) is 5.56 Å². The quantitative estimate of drug-likeness (QED) is 0.650. The molecule has 0 bridgehead atoms. The molecule has 2 heterocycles. The zero-order valence-electron chi connectivity index (χ0n) is 6.37. The predicted octanol–water partition coefficient (Wildman–Crippen LogP) is 1.37. The van der Waals surface area contributed by atoms with Gasteiger partial charge in [-0.25, -0.2) is 0 Å². The third-order valence-corrected chi connectivity index (χ3v) is 1.71. The minimum Gasteiger partial charge on any atom is -0.361 e. The van der Waals surface area contributed by atoms with Crippen molar-refractivity contribution in [3.8, 4) is 11.3 Å². The van der Waals surface area contributed by atoms with Crippen LogP contribution in [-0.2, 0) is 0 Å². The van der Waals surface area contributed by atoms with Gasteiger partial charge in [0.1, 0.15) is 0 Å². The van der Waals surface area contributed by atoms with E-state index < -0.39 is 0 Å². The summed E-state index contributed by atoms with van der Waals surface area (Å²) in [6, 6.07) is 7.31. The topological polar surface area (TPSA) is 48.6 Å². The van der Waals surface area contributed by atoms with E-state index in [1.54, 1.807) is 24.5 Å². The zero-order chi connectivity index (χ0) is 8.39. The van der Waals surface area contributed by atoms with Gasteiger partial charge >= 0.3 is 0 Å². The average molecular weight is 160 g/mol. The molecule has 3 heteroatoms. The Hall–Kier alpha value is -1.77. The third-order valence-electron chi connectivity index (χ3n) is 1.71. The van der Waals surface area contributed by atoms with Crippen LogP contribution in [0.4, 0.5) is 0 Å². The molecule has 2 N–H and O–H groups in total. The molecule has 0 saturated carbocycles. The van der Waals surface area contributed by atoms with Crippen molar-refractivity contribution in [2.24, 2.45) is 0 Å². The highest BCUT2D eigenvalue weighted by Gasteiger charge is 2.00. The molecule has 0 spiro atoms. The summed E-state index contributed by atoms with van der Waals surface area (Å²) in [6.07, 6.45) is 3.41. The molecule has 2 aromatic heterocycles. The molecule has 12 heavy (non-hydrogen) atoms. The van der Waals surface area contributed by atoms with Crippen LogP contribution in [0.3, 0.4) is 0 Å². The largest absolute Gasteiger partial charge is 0.361 e. The van der Waals surface area contributed by atoms with Crippen LogP contribution in [0.2, 0.25) is 0 Å². The van der Waals surface area contributed by atoms with Gasteiger partial charge in [0, 0.05) is 12.4 Å². The maximum atomic E-state index is 11.2. The van der Waals surface area contributed by atoms with Crippen LogP contribution in [0.1, 0.15) is 0 Å². The van der Waals surface area contributed by atoms with E-state index in [1.165, 1.54) is 0 Å². The van der Waals surface area contributed by atoms with Crippen molar-refractivity contribution in [2.45, 2.75) is 0 Å². The van der Waals surface area contributed by atoms with E-state index in [2.05, 4.69) is 9.97 Å². The Labute approximate surface area is 69.1 Å². The van der Waals surface area contributed by atoms with E-state index in [9.17, 15) is 4.79 Å². The molecule has 0 aromatic carbocycles. The fourth-order valence-corrected chi connectivity index (χ4v) is 1.13. The van der Waals surface area contributed by atoms with Crippen molar-refractivity contribution >= 4 is 0 Å². The lowest BCUT2D eigenvalue weighted by Crippen LogP contribution is -2.06. The predicted molar refractivity (Wildman–Crippen MR) is 46.8 cm³/mol. The average Bonchev–Trinajstić information content (AvgIpc) is 2.57. The number of pyridine rings is 1. The van der Waals surface area contributed by atoms with Gasteiger partial charge in [0.25, 0.3) is 5.56 Å². The first-order valence-electron chi connectivity index (χ1n) is 3.69. The molecule has 60 valence electrons. The summed E-state index contributed by atoms with van der Waals surface area (Å²) in [6.45, 7) is 0. The number of aromatic nitrogens is 2. The molecule has 0 aliphatic heterocycles. The van der Waals surface area contributed by atoms with E-state index in [-0.39, 0.29) is 5.56 Å². The Morgan fingerprint density at radius 2 is 1.75 bits per heavy atom. The highest BCUT2D eigenvalue weighted by Crippen LogP contribution is 2.09. The number of nitrogens with one attached hydrogen (secondary N) is 2. The number of rotatable bonds is 1. The van der Waals surface area contributed by atoms with Crippen molar-refractivity contribution < 1.29 is 0 Å². The van der Waals surface area contributed by atoms with Crippen LogP contribution in [0.25, 0.3) is 11.3 Å².